The van der Waals surface area contributed by atoms with Crippen LogP contribution in [-0.4, -0.2) is 46.3 Å². The van der Waals surface area contributed by atoms with Gasteiger partial charge in [0.05, 0.1) is 13.3 Å². The van der Waals surface area contributed by atoms with Gasteiger partial charge in [0.1, 0.15) is 11.4 Å². The summed E-state index contributed by atoms with van der Waals surface area (Å²) in [6.07, 6.45) is 3.45. The van der Waals surface area contributed by atoms with Crippen LogP contribution in [0.1, 0.15) is 45.4 Å². The Morgan fingerprint density at radius 1 is 1.33 bits per heavy atom. The van der Waals surface area contributed by atoms with Gasteiger partial charge in [0.2, 0.25) is 5.88 Å². The molecule has 1 fully saturated rings. The predicted molar refractivity (Wildman–Crippen MR) is 79.5 cm³/mol. The summed E-state index contributed by atoms with van der Waals surface area (Å²) >= 11 is 0. The number of aromatic nitrogens is 2. The Morgan fingerprint density at radius 3 is 2.43 bits per heavy atom. The van der Waals surface area contributed by atoms with E-state index >= 15 is 0 Å². The van der Waals surface area contributed by atoms with Crippen LogP contribution >= 0.6 is 0 Å². The second kappa shape index (κ2) is 5.95. The summed E-state index contributed by atoms with van der Waals surface area (Å²) in [4.78, 5) is 18.3. The highest BCUT2D eigenvalue weighted by Crippen LogP contribution is 2.29. The number of hydrogen-bond donors (Lipinski definition) is 0. The van der Waals surface area contributed by atoms with Gasteiger partial charge < -0.3 is 18.9 Å². The van der Waals surface area contributed by atoms with Gasteiger partial charge in [0.25, 0.3) is 0 Å². The van der Waals surface area contributed by atoms with Gasteiger partial charge in [-0.3, -0.25) is 0 Å². The summed E-state index contributed by atoms with van der Waals surface area (Å²) < 4.78 is 12.6. The average Bonchev–Trinajstić information content (AvgIpc) is 2.78. The van der Waals surface area contributed by atoms with E-state index in [0.29, 0.717) is 24.9 Å². The minimum absolute atomic E-state index is 0.224. The van der Waals surface area contributed by atoms with Crippen LogP contribution in [0, 0.1) is 0 Å². The smallest absolute Gasteiger partial charge is 0.410 e. The molecule has 0 aromatic carbocycles. The van der Waals surface area contributed by atoms with E-state index < -0.39 is 5.60 Å². The third kappa shape index (κ3) is 3.89. The number of ether oxygens (including phenoxy) is 2. The molecular weight excluding hydrogens is 270 g/mol. The lowest BCUT2D eigenvalue weighted by Gasteiger charge is -2.33. The van der Waals surface area contributed by atoms with Crippen LogP contribution in [-0.2, 0) is 11.8 Å². The monoisotopic (exact) mass is 295 g/mol. The van der Waals surface area contributed by atoms with Crippen LogP contribution in [0.5, 0.6) is 5.88 Å². The zero-order chi connectivity index (χ0) is 15.6. The Morgan fingerprint density at radius 2 is 1.95 bits per heavy atom. The molecule has 0 aliphatic carbocycles. The van der Waals surface area contributed by atoms with E-state index in [1.807, 2.05) is 38.6 Å². The lowest BCUT2D eigenvalue weighted by atomic mass is 9.96. The van der Waals surface area contributed by atoms with E-state index in [9.17, 15) is 4.79 Å². The van der Waals surface area contributed by atoms with Crippen molar-refractivity contribution >= 4 is 6.09 Å². The Hall–Kier alpha value is -1.72. The van der Waals surface area contributed by atoms with Crippen LogP contribution in [0.15, 0.2) is 6.20 Å². The van der Waals surface area contributed by atoms with Crippen molar-refractivity contribution in [1.82, 2.24) is 14.5 Å². The fraction of sp³-hybridized carbons (Fsp3) is 0.733. The molecule has 0 spiro atoms. The fourth-order valence-corrected chi connectivity index (χ4v) is 2.58. The van der Waals surface area contributed by atoms with E-state index in [1.54, 1.807) is 12.0 Å². The maximum Gasteiger partial charge on any atom is 0.410 e. The predicted octanol–water partition coefficient (Wildman–Crippen LogP) is 2.54. The molecule has 2 heterocycles. The van der Waals surface area contributed by atoms with Crippen molar-refractivity contribution in [1.29, 1.82) is 0 Å². The number of piperidine rings is 1. The van der Waals surface area contributed by atoms with Gasteiger partial charge in [-0.25, -0.2) is 4.79 Å². The Labute approximate surface area is 126 Å². The number of aryl methyl sites for hydroxylation is 1. The highest BCUT2D eigenvalue weighted by Gasteiger charge is 2.29. The summed E-state index contributed by atoms with van der Waals surface area (Å²) in [6, 6.07) is 0. The van der Waals surface area contributed by atoms with Crippen molar-refractivity contribution in [3.8, 4) is 5.88 Å². The number of imidazole rings is 1. The maximum absolute atomic E-state index is 12.0. The fourth-order valence-electron chi connectivity index (χ4n) is 2.58. The van der Waals surface area contributed by atoms with E-state index in [4.69, 9.17) is 9.47 Å². The molecule has 0 radical (unpaired) electrons. The second-order valence-corrected chi connectivity index (χ2v) is 6.49. The van der Waals surface area contributed by atoms with E-state index in [1.165, 1.54) is 0 Å². The molecule has 0 atom stereocenters. The van der Waals surface area contributed by atoms with Gasteiger partial charge in [-0.15, -0.1) is 0 Å². The van der Waals surface area contributed by atoms with Gasteiger partial charge in [-0.05, 0) is 33.6 Å². The lowest BCUT2D eigenvalue weighted by molar-refractivity contribution is 0.0202. The topological polar surface area (TPSA) is 56.6 Å². The SMILES string of the molecule is COc1cn(C)c(C2CCN(C(=O)OC(C)(C)C)CC2)n1. The first kappa shape index (κ1) is 15.7. The molecule has 6 heteroatoms. The van der Waals surface area contributed by atoms with Crippen LogP contribution in [0.4, 0.5) is 4.79 Å². The number of carbonyl (C=O) groups excluding carboxylic acids is 1. The average molecular weight is 295 g/mol. The summed E-state index contributed by atoms with van der Waals surface area (Å²) in [5.74, 6) is 2.02. The minimum atomic E-state index is -0.443. The van der Waals surface area contributed by atoms with Gasteiger partial charge >= 0.3 is 6.09 Å². The molecule has 1 saturated heterocycles. The van der Waals surface area contributed by atoms with Crippen molar-refractivity contribution < 1.29 is 14.3 Å². The number of amides is 1. The van der Waals surface area contributed by atoms with Crippen molar-refractivity contribution in [3.63, 3.8) is 0 Å². The number of rotatable bonds is 2. The van der Waals surface area contributed by atoms with Crippen LogP contribution < -0.4 is 4.74 Å². The molecule has 0 N–H and O–H groups in total. The lowest BCUT2D eigenvalue weighted by Crippen LogP contribution is -2.41. The molecular formula is C15H25N3O3. The largest absolute Gasteiger partial charge is 0.480 e. The van der Waals surface area contributed by atoms with E-state index in [-0.39, 0.29) is 6.09 Å². The standard InChI is InChI=1S/C15H25N3O3/c1-15(2,3)21-14(19)18-8-6-11(7-9-18)13-16-12(20-5)10-17(13)4/h10-11H,6-9H2,1-5H3. The molecule has 118 valence electrons. The molecule has 1 aromatic rings. The number of likely N-dealkylation sites (tertiary alicyclic amines) is 1. The van der Waals surface area contributed by atoms with Crippen LogP contribution in [0.2, 0.25) is 0 Å². The van der Waals surface area contributed by atoms with Crippen molar-refractivity contribution in [2.75, 3.05) is 20.2 Å². The first-order chi connectivity index (χ1) is 9.80. The summed E-state index contributed by atoms with van der Waals surface area (Å²) in [5, 5.41) is 0. The maximum atomic E-state index is 12.0. The Balaban J connectivity index is 1.94. The van der Waals surface area contributed by atoms with E-state index in [2.05, 4.69) is 4.98 Å². The number of hydrogen-bond acceptors (Lipinski definition) is 4. The molecule has 21 heavy (non-hydrogen) atoms. The summed E-state index contributed by atoms with van der Waals surface area (Å²) in [5.41, 5.74) is -0.443. The minimum Gasteiger partial charge on any atom is -0.480 e. The molecule has 1 amide bonds. The molecule has 2 rings (SSSR count). The van der Waals surface area contributed by atoms with Gasteiger partial charge in [0.15, 0.2) is 0 Å². The molecule has 1 aliphatic heterocycles. The first-order valence-corrected chi connectivity index (χ1v) is 7.35. The van der Waals surface area contributed by atoms with Crippen molar-refractivity contribution in [2.45, 2.75) is 45.1 Å². The third-order valence-electron chi connectivity index (χ3n) is 3.61. The summed E-state index contributed by atoms with van der Waals surface area (Å²) in [7, 11) is 3.60. The zero-order valence-corrected chi connectivity index (χ0v) is 13.5. The quantitative estimate of drug-likeness (QED) is 0.841. The van der Waals surface area contributed by atoms with Crippen LogP contribution in [0.25, 0.3) is 0 Å². The zero-order valence-electron chi connectivity index (χ0n) is 13.5. The van der Waals surface area contributed by atoms with Gasteiger partial charge in [0, 0.05) is 26.1 Å². The van der Waals surface area contributed by atoms with Crippen LogP contribution in [0.3, 0.4) is 0 Å². The molecule has 6 nitrogen and oxygen atoms in total. The van der Waals surface area contributed by atoms with Crippen molar-refractivity contribution in [3.05, 3.63) is 12.0 Å². The Kier molecular flexibility index (Phi) is 4.44. The normalized spacial score (nSPS) is 16.9. The van der Waals surface area contributed by atoms with Gasteiger partial charge in [-0.1, -0.05) is 0 Å². The molecule has 1 aliphatic rings. The number of nitrogens with zero attached hydrogens (tertiary/aromatic N) is 3. The second-order valence-electron chi connectivity index (χ2n) is 6.49. The van der Waals surface area contributed by atoms with Crippen molar-refractivity contribution in [2.24, 2.45) is 7.05 Å². The Bertz CT molecular complexity index is 497. The van der Waals surface area contributed by atoms with Gasteiger partial charge in [-0.2, -0.15) is 4.98 Å². The first-order valence-electron chi connectivity index (χ1n) is 7.35. The highest BCUT2D eigenvalue weighted by atomic mass is 16.6. The number of methoxy groups -OCH3 is 1. The van der Waals surface area contributed by atoms with E-state index in [0.717, 1.165) is 18.7 Å². The number of carbonyl (C=O) groups is 1. The highest BCUT2D eigenvalue weighted by molar-refractivity contribution is 5.68. The third-order valence-corrected chi connectivity index (χ3v) is 3.61. The molecule has 1 aromatic heterocycles. The summed E-state index contributed by atoms with van der Waals surface area (Å²) in [6.45, 7) is 7.07. The molecule has 0 unspecified atom stereocenters. The molecule has 0 saturated carbocycles. The molecule has 0 bridgehead atoms.